The van der Waals surface area contributed by atoms with Crippen molar-refractivity contribution in [3.63, 3.8) is 0 Å². The molecule has 0 aliphatic heterocycles. The van der Waals surface area contributed by atoms with Gasteiger partial charge in [0.25, 0.3) is 0 Å². The topological polar surface area (TPSA) is 26.3 Å². The number of hydrogen-bond acceptors (Lipinski definition) is 2. The second kappa shape index (κ2) is 16.3. The van der Waals surface area contributed by atoms with Crippen molar-refractivity contribution < 1.29 is 9.53 Å². The van der Waals surface area contributed by atoms with Crippen LogP contribution in [-0.2, 0) is 9.53 Å². The van der Waals surface area contributed by atoms with Crippen LogP contribution in [-0.4, -0.2) is 5.97 Å². The fraction of sp³-hybridized carbons (Fsp3) is 0.833. The number of carbonyl (C=O) groups is 1. The first-order valence-corrected chi connectivity index (χ1v) is 8.59. The Morgan fingerprint density at radius 1 is 0.800 bits per heavy atom. The van der Waals surface area contributed by atoms with Gasteiger partial charge in [0.1, 0.15) is 0 Å². The Labute approximate surface area is 126 Å². The number of hydrogen-bond donors (Lipinski definition) is 0. The zero-order valence-corrected chi connectivity index (χ0v) is 13.7. The largest absolute Gasteiger partial charge is 0.435 e. The van der Waals surface area contributed by atoms with Gasteiger partial charge in [-0.25, -0.2) is 0 Å². The predicted octanol–water partition coefficient (Wildman–Crippen LogP) is 6.15. The van der Waals surface area contributed by atoms with E-state index in [-0.39, 0.29) is 5.97 Å². The molecule has 0 atom stereocenters. The first-order valence-electron chi connectivity index (χ1n) is 8.59. The van der Waals surface area contributed by atoms with Crippen LogP contribution in [0.3, 0.4) is 0 Å². The molecule has 0 aliphatic carbocycles. The Bertz CT molecular complexity index is 234. The summed E-state index contributed by atoms with van der Waals surface area (Å²) in [5.74, 6) is -0.240. The average molecular weight is 282 g/mol. The van der Waals surface area contributed by atoms with Gasteiger partial charge in [0, 0.05) is 6.92 Å². The Balaban J connectivity index is 3.02. The average Bonchev–Trinajstić information content (AvgIpc) is 2.43. The SMILES string of the molecule is CCCCCCCCCCCCCC/C=C/OC(C)=O. The lowest BCUT2D eigenvalue weighted by atomic mass is 10.0. The predicted molar refractivity (Wildman–Crippen MR) is 86.6 cm³/mol. The van der Waals surface area contributed by atoms with Gasteiger partial charge >= 0.3 is 5.97 Å². The number of ether oxygens (including phenoxy) is 1. The monoisotopic (exact) mass is 282 g/mol. The maximum Gasteiger partial charge on any atom is 0.307 e. The van der Waals surface area contributed by atoms with E-state index in [2.05, 4.69) is 6.92 Å². The van der Waals surface area contributed by atoms with Crippen molar-refractivity contribution in [3.05, 3.63) is 12.3 Å². The minimum atomic E-state index is -0.240. The lowest BCUT2D eigenvalue weighted by Gasteiger charge is -2.02. The molecule has 0 N–H and O–H groups in total. The highest BCUT2D eigenvalue weighted by Gasteiger charge is 1.93. The van der Waals surface area contributed by atoms with Gasteiger partial charge in [-0.3, -0.25) is 4.79 Å². The zero-order valence-electron chi connectivity index (χ0n) is 13.7. The number of unbranched alkanes of at least 4 members (excludes halogenated alkanes) is 12. The van der Waals surface area contributed by atoms with E-state index in [1.165, 1.54) is 90.2 Å². The summed E-state index contributed by atoms with van der Waals surface area (Å²) >= 11 is 0. The first-order chi connectivity index (χ1) is 9.77. The molecule has 2 heteroatoms. The highest BCUT2D eigenvalue weighted by atomic mass is 16.5. The molecule has 0 aromatic rings. The van der Waals surface area contributed by atoms with E-state index >= 15 is 0 Å². The van der Waals surface area contributed by atoms with E-state index in [1.54, 1.807) is 0 Å². The van der Waals surface area contributed by atoms with Crippen molar-refractivity contribution in [2.75, 3.05) is 0 Å². The third-order valence-electron chi connectivity index (χ3n) is 3.55. The second-order valence-electron chi connectivity index (χ2n) is 5.66. The van der Waals surface area contributed by atoms with Crippen LogP contribution in [0, 0.1) is 0 Å². The molecule has 0 aromatic heterocycles. The van der Waals surface area contributed by atoms with E-state index in [9.17, 15) is 4.79 Å². The molecule has 0 heterocycles. The maximum atomic E-state index is 10.5. The summed E-state index contributed by atoms with van der Waals surface area (Å²) in [7, 11) is 0. The Morgan fingerprint density at radius 2 is 1.25 bits per heavy atom. The standard InChI is InChI=1S/C18H34O2/c1-3-4-5-6-7-8-9-10-11-12-13-14-15-16-17-20-18(2)19/h16-17H,3-15H2,1-2H3/b17-16+. The van der Waals surface area contributed by atoms with Crippen LogP contribution in [0.5, 0.6) is 0 Å². The van der Waals surface area contributed by atoms with Gasteiger partial charge < -0.3 is 4.74 Å². The highest BCUT2D eigenvalue weighted by molar-refractivity contribution is 5.66. The van der Waals surface area contributed by atoms with Crippen LogP contribution in [0.15, 0.2) is 12.3 Å². The summed E-state index contributed by atoms with van der Waals surface area (Å²) in [6.07, 6.45) is 21.0. The van der Waals surface area contributed by atoms with Crippen molar-refractivity contribution >= 4 is 5.97 Å². The lowest BCUT2D eigenvalue weighted by molar-refractivity contribution is -0.135. The van der Waals surface area contributed by atoms with Crippen LogP contribution in [0.25, 0.3) is 0 Å². The third-order valence-corrected chi connectivity index (χ3v) is 3.55. The van der Waals surface area contributed by atoms with E-state index in [4.69, 9.17) is 4.74 Å². The molecule has 0 saturated carbocycles. The molecular weight excluding hydrogens is 248 g/mol. The molecule has 0 radical (unpaired) electrons. The van der Waals surface area contributed by atoms with Crippen molar-refractivity contribution in [1.82, 2.24) is 0 Å². The second-order valence-corrected chi connectivity index (χ2v) is 5.66. The molecule has 118 valence electrons. The molecule has 0 aromatic carbocycles. The zero-order chi connectivity index (χ0) is 14.9. The molecule has 0 rings (SSSR count). The van der Waals surface area contributed by atoms with E-state index < -0.39 is 0 Å². The number of esters is 1. The van der Waals surface area contributed by atoms with Gasteiger partial charge in [-0.1, -0.05) is 77.6 Å². The Morgan fingerprint density at radius 3 is 1.70 bits per heavy atom. The van der Waals surface area contributed by atoms with Gasteiger partial charge in [0.2, 0.25) is 0 Å². The molecular formula is C18H34O2. The van der Waals surface area contributed by atoms with Gasteiger partial charge in [-0.2, -0.15) is 0 Å². The van der Waals surface area contributed by atoms with Crippen molar-refractivity contribution in [1.29, 1.82) is 0 Å². The molecule has 0 bridgehead atoms. The summed E-state index contributed by atoms with van der Waals surface area (Å²) < 4.78 is 4.73. The van der Waals surface area contributed by atoms with Crippen LogP contribution < -0.4 is 0 Å². The summed E-state index contributed by atoms with van der Waals surface area (Å²) in [6.45, 7) is 3.69. The third kappa shape index (κ3) is 17.2. The number of carbonyl (C=O) groups excluding carboxylic acids is 1. The summed E-state index contributed by atoms with van der Waals surface area (Å²) in [5.41, 5.74) is 0. The molecule has 20 heavy (non-hydrogen) atoms. The molecule has 0 saturated heterocycles. The molecule has 0 amide bonds. The smallest absolute Gasteiger partial charge is 0.307 e. The van der Waals surface area contributed by atoms with E-state index in [1.807, 2.05) is 6.08 Å². The Kier molecular flexibility index (Phi) is 15.6. The summed E-state index contributed by atoms with van der Waals surface area (Å²) in [6, 6.07) is 0. The minimum Gasteiger partial charge on any atom is -0.435 e. The highest BCUT2D eigenvalue weighted by Crippen LogP contribution is 2.12. The van der Waals surface area contributed by atoms with Gasteiger partial charge in [0.05, 0.1) is 6.26 Å². The normalized spacial score (nSPS) is 11.1. The summed E-state index contributed by atoms with van der Waals surface area (Å²) in [5, 5.41) is 0. The van der Waals surface area contributed by atoms with Crippen molar-refractivity contribution in [3.8, 4) is 0 Å². The molecule has 0 unspecified atom stereocenters. The molecule has 2 nitrogen and oxygen atoms in total. The van der Waals surface area contributed by atoms with Gasteiger partial charge in [-0.05, 0) is 18.9 Å². The summed E-state index contributed by atoms with van der Waals surface area (Å²) in [4.78, 5) is 10.5. The number of rotatable bonds is 14. The maximum absolute atomic E-state index is 10.5. The van der Waals surface area contributed by atoms with E-state index in [0.29, 0.717) is 0 Å². The lowest BCUT2D eigenvalue weighted by Crippen LogP contribution is -1.89. The fourth-order valence-corrected chi connectivity index (χ4v) is 2.32. The van der Waals surface area contributed by atoms with Crippen molar-refractivity contribution in [2.45, 2.75) is 97.3 Å². The van der Waals surface area contributed by atoms with Crippen molar-refractivity contribution in [2.24, 2.45) is 0 Å². The quantitative estimate of drug-likeness (QED) is 0.217. The van der Waals surface area contributed by atoms with Crippen LogP contribution in [0.2, 0.25) is 0 Å². The van der Waals surface area contributed by atoms with Gasteiger partial charge in [0.15, 0.2) is 0 Å². The van der Waals surface area contributed by atoms with Crippen LogP contribution in [0.4, 0.5) is 0 Å². The van der Waals surface area contributed by atoms with E-state index in [0.717, 1.165) is 6.42 Å². The fourth-order valence-electron chi connectivity index (χ4n) is 2.32. The van der Waals surface area contributed by atoms with Gasteiger partial charge in [-0.15, -0.1) is 0 Å². The molecule has 0 spiro atoms. The molecule has 0 fully saturated rings. The molecule has 0 aliphatic rings. The van der Waals surface area contributed by atoms with Crippen LogP contribution >= 0.6 is 0 Å². The minimum absolute atomic E-state index is 0.240. The Hall–Kier alpha value is -0.790. The van der Waals surface area contributed by atoms with Crippen LogP contribution in [0.1, 0.15) is 97.3 Å². The first kappa shape index (κ1) is 19.2. The number of allylic oxidation sites excluding steroid dienone is 1.